The molecule has 5 nitrogen and oxygen atoms in total. The van der Waals surface area contributed by atoms with Crippen molar-refractivity contribution in [3.63, 3.8) is 0 Å². The number of carbonyl (C=O) groups excluding carboxylic acids is 1. The quantitative estimate of drug-likeness (QED) is 0.912. The minimum Gasteiger partial charge on any atom is -0.496 e. The first-order valence-electron chi connectivity index (χ1n) is 8.22. The Morgan fingerprint density at radius 3 is 2.74 bits per heavy atom. The average Bonchev–Trinajstić information content (AvgIpc) is 2.91. The Hall–Kier alpha value is -2.01. The molecule has 3 rings (SSSR count). The summed E-state index contributed by atoms with van der Waals surface area (Å²) >= 11 is 0. The van der Waals surface area contributed by atoms with E-state index in [9.17, 15) is 4.79 Å². The summed E-state index contributed by atoms with van der Waals surface area (Å²) in [5.41, 5.74) is 3.46. The van der Waals surface area contributed by atoms with Crippen LogP contribution in [0.4, 0.5) is 0 Å². The summed E-state index contributed by atoms with van der Waals surface area (Å²) in [6.45, 7) is 6.18. The van der Waals surface area contributed by atoms with Crippen molar-refractivity contribution in [1.29, 1.82) is 0 Å². The molecule has 23 heavy (non-hydrogen) atoms. The van der Waals surface area contributed by atoms with Crippen LogP contribution in [0.1, 0.15) is 31.0 Å². The summed E-state index contributed by atoms with van der Waals surface area (Å²) in [6.07, 6.45) is 2.01. The highest BCUT2D eigenvalue weighted by molar-refractivity contribution is 5.83. The first-order valence-corrected chi connectivity index (χ1v) is 8.22. The molecule has 2 heterocycles. The van der Waals surface area contributed by atoms with Crippen molar-refractivity contribution in [2.24, 2.45) is 0 Å². The van der Waals surface area contributed by atoms with Crippen molar-refractivity contribution in [2.45, 2.75) is 39.3 Å². The van der Waals surface area contributed by atoms with Gasteiger partial charge in [0, 0.05) is 54.8 Å². The zero-order valence-electron chi connectivity index (χ0n) is 14.1. The Kier molecular flexibility index (Phi) is 4.57. The van der Waals surface area contributed by atoms with Crippen LogP contribution in [0.5, 0.6) is 5.75 Å². The molecule has 0 atom stereocenters. The van der Waals surface area contributed by atoms with E-state index in [1.165, 1.54) is 5.39 Å². The van der Waals surface area contributed by atoms with Crippen molar-refractivity contribution < 1.29 is 9.53 Å². The molecule has 1 aliphatic heterocycles. The van der Waals surface area contributed by atoms with Gasteiger partial charge in [0.15, 0.2) is 0 Å². The van der Waals surface area contributed by atoms with E-state index in [2.05, 4.69) is 35.4 Å². The average molecular weight is 315 g/mol. The van der Waals surface area contributed by atoms with E-state index in [0.717, 1.165) is 55.0 Å². The predicted octanol–water partition coefficient (Wildman–Crippen LogP) is 2.59. The van der Waals surface area contributed by atoms with Crippen LogP contribution in [-0.4, -0.2) is 42.0 Å². The number of nitrogens with zero attached hydrogens (tertiary/aromatic N) is 1. The molecule has 1 saturated heterocycles. The zero-order valence-corrected chi connectivity index (χ0v) is 14.1. The van der Waals surface area contributed by atoms with Crippen LogP contribution in [0.3, 0.4) is 0 Å². The Bertz CT molecular complexity index is 700. The summed E-state index contributed by atoms with van der Waals surface area (Å²) in [7, 11) is 1.72. The molecular formula is C18H25N3O2. The number of aryl methyl sites for hydroxylation is 1. The standard InChI is InChI=1S/C18H25N3O2/c1-12-8-14-10-18(23-3)15(9-17(14)20-12)11-19-16-4-6-21(7-5-16)13(2)22/h8-10,16,19-20H,4-7,11H2,1-3H3. The number of piperidine rings is 1. The smallest absolute Gasteiger partial charge is 0.219 e. The Morgan fingerprint density at radius 2 is 2.09 bits per heavy atom. The van der Waals surface area contributed by atoms with E-state index in [-0.39, 0.29) is 5.91 Å². The number of aromatic nitrogens is 1. The second kappa shape index (κ2) is 6.62. The van der Waals surface area contributed by atoms with Crippen molar-refractivity contribution >= 4 is 16.8 Å². The zero-order chi connectivity index (χ0) is 16.4. The molecule has 2 N–H and O–H groups in total. The van der Waals surface area contributed by atoms with Gasteiger partial charge in [-0.2, -0.15) is 0 Å². The number of methoxy groups -OCH3 is 1. The fraction of sp³-hybridized carbons (Fsp3) is 0.500. The molecule has 1 aromatic carbocycles. The van der Waals surface area contributed by atoms with E-state index >= 15 is 0 Å². The lowest BCUT2D eigenvalue weighted by atomic mass is 10.0. The summed E-state index contributed by atoms with van der Waals surface area (Å²) in [5, 5.41) is 4.79. The first-order chi connectivity index (χ1) is 11.1. The fourth-order valence-electron chi connectivity index (χ4n) is 3.33. The Morgan fingerprint density at radius 1 is 1.35 bits per heavy atom. The van der Waals surface area contributed by atoms with Gasteiger partial charge in [-0.1, -0.05) is 0 Å². The molecule has 0 saturated carbocycles. The number of nitrogens with one attached hydrogen (secondary N) is 2. The van der Waals surface area contributed by atoms with Gasteiger partial charge < -0.3 is 19.9 Å². The minimum atomic E-state index is 0.178. The Balaban J connectivity index is 1.66. The van der Waals surface area contributed by atoms with Crippen LogP contribution in [-0.2, 0) is 11.3 Å². The van der Waals surface area contributed by atoms with Gasteiger partial charge in [-0.05, 0) is 38.0 Å². The molecule has 1 fully saturated rings. The van der Waals surface area contributed by atoms with Crippen LogP contribution in [0.15, 0.2) is 18.2 Å². The van der Waals surface area contributed by atoms with Crippen molar-refractivity contribution in [3.05, 3.63) is 29.5 Å². The molecule has 5 heteroatoms. The van der Waals surface area contributed by atoms with Crippen LogP contribution in [0.2, 0.25) is 0 Å². The van der Waals surface area contributed by atoms with E-state index in [1.807, 2.05) is 4.90 Å². The SMILES string of the molecule is COc1cc2cc(C)[nH]c2cc1CNC1CCN(C(C)=O)CC1. The van der Waals surface area contributed by atoms with E-state index in [0.29, 0.717) is 6.04 Å². The molecule has 124 valence electrons. The monoisotopic (exact) mass is 315 g/mol. The Labute approximate surface area is 137 Å². The number of rotatable bonds is 4. The summed E-state index contributed by atoms with van der Waals surface area (Å²) in [6, 6.07) is 6.84. The summed E-state index contributed by atoms with van der Waals surface area (Å²) in [4.78, 5) is 16.7. The summed E-state index contributed by atoms with van der Waals surface area (Å²) < 4.78 is 5.54. The fourth-order valence-corrected chi connectivity index (χ4v) is 3.33. The summed E-state index contributed by atoms with van der Waals surface area (Å²) in [5.74, 6) is 1.10. The van der Waals surface area contributed by atoms with Gasteiger partial charge >= 0.3 is 0 Å². The van der Waals surface area contributed by atoms with Gasteiger partial charge in [-0.25, -0.2) is 0 Å². The van der Waals surface area contributed by atoms with Gasteiger partial charge in [0.2, 0.25) is 5.91 Å². The lowest BCUT2D eigenvalue weighted by Gasteiger charge is -2.32. The van der Waals surface area contributed by atoms with E-state index in [4.69, 9.17) is 4.74 Å². The number of likely N-dealkylation sites (tertiary alicyclic amines) is 1. The van der Waals surface area contributed by atoms with Crippen LogP contribution < -0.4 is 10.1 Å². The normalized spacial score (nSPS) is 16.0. The number of amides is 1. The van der Waals surface area contributed by atoms with E-state index < -0.39 is 0 Å². The molecule has 0 spiro atoms. The number of hydrogen-bond acceptors (Lipinski definition) is 3. The highest BCUT2D eigenvalue weighted by atomic mass is 16.5. The number of carbonyl (C=O) groups is 1. The topological polar surface area (TPSA) is 57.4 Å². The van der Waals surface area contributed by atoms with Gasteiger partial charge in [-0.3, -0.25) is 4.79 Å². The molecule has 0 bridgehead atoms. The second-order valence-corrected chi connectivity index (χ2v) is 6.36. The molecule has 1 amide bonds. The van der Waals surface area contributed by atoms with Gasteiger partial charge in [0.1, 0.15) is 5.75 Å². The van der Waals surface area contributed by atoms with Gasteiger partial charge in [-0.15, -0.1) is 0 Å². The van der Waals surface area contributed by atoms with Crippen LogP contribution in [0.25, 0.3) is 10.9 Å². The molecule has 0 radical (unpaired) electrons. The number of hydrogen-bond donors (Lipinski definition) is 2. The third kappa shape index (κ3) is 3.50. The lowest BCUT2D eigenvalue weighted by molar-refractivity contribution is -0.129. The minimum absolute atomic E-state index is 0.178. The number of fused-ring (bicyclic) bond motifs is 1. The maximum atomic E-state index is 11.4. The predicted molar refractivity (Wildman–Crippen MR) is 91.7 cm³/mol. The lowest BCUT2D eigenvalue weighted by Crippen LogP contribution is -2.43. The maximum Gasteiger partial charge on any atom is 0.219 e. The van der Waals surface area contributed by atoms with E-state index in [1.54, 1.807) is 14.0 Å². The number of H-pyrrole nitrogens is 1. The third-order valence-corrected chi connectivity index (χ3v) is 4.68. The molecular weight excluding hydrogens is 290 g/mol. The van der Waals surface area contributed by atoms with Crippen LogP contribution >= 0.6 is 0 Å². The highest BCUT2D eigenvalue weighted by Gasteiger charge is 2.20. The number of ether oxygens (including phenoxy) is 1. The molecule has 1 aliphatic rings. The number of benzene rings is 1. The van der Waals surface area contributed by atoms with Crippen LogP contribution in [0, 0.1) is 6.92 Å². The maximum absolute atomic E-state index is 11.4. The molecule has 1 aromatic heterocycles. The third-order valence-electron chi connectivity index (χ3n) is 4.68. The van der Waals surface area contributed by atoms with Crippen molar-refractivity contribution in [2.75, 3.05) is 20.2 Å². The molecule has 0 unspecified atom stereocenters. The molecule has 0 aliphatic carbocycles. The van der Waals surface area contributed by atoms with Gasteiger partial charge in [0.05, 0.1) is 7.11 Å². The van der Waals surface area contributed by atoms with Crippen molar-refractivity contribution in [3.8, 4) is 5.75 Å². The number of aromatic amines is 1. The first kappa shape index (κ1) is 15.9. The van der Waals surface area contributed by atoms with Crippen molar-refractivity contribution in [1.82, 2.24) is 15.2 Å². The van der Waals surface area contributed by atoms with Gasteiger partial charge in [0.25, 0.3) is 0 Å². The largest absolute Gasteiger partial charge is 0.496 e. The highest BCUT2D eigenvalue weighted by Crippen LogP contribution is 2.26. The second-order valence-electron chi connectivity index (χ2n) is 6.36. The molecule has 2 aromatic rings.